The Kier molecular flexibility index (Phi) is 5.81. The Morgan fingerprint density at radius 1 is 1.10 bits per heavy atom. The minimum absolute atomic E-state index is 0.0383. The van der Waals surface area contributed by atoms with Crippen molar-refractivity contribution in [2.45, 2.75) is 12.5 Å². The summed E-state index contributed by atoms with van der Waals surface area (Å²) in [6.45, 7) is 0. The average Bonchev–Trinajstić information content (AvgIpc) is 2.55. The number of methoxy groups -OCH3 is 1. The van der Waals surface area contributed by atoms with Crippen molar-refractivity contribution in [1.29, 1.82) is 0 Å². The molecule has 1 unspecified atom stereocenters. The lowest BCUT2D eigenvalue weighted by atomic mass is 10.1. The number of hydrogen-bond donors (Lipinski definition) is 0. The lowest BCUT2D eigenvalue weighted by Crippen LogP contribution is -2.21. The number of carbonyl (C=O) groups excluding carboxylic acids is 1. The van der Waals surface area contributed by atoms with Crippen LogP contribution in [0.15, 0.2) is 54.6 Å². The predicted octanol–water partition coefficient (Wildman–Crippen LogP) is 3.86. The van der Waals surface area contributed by atoms with Crippen LogP contribution in [0.4, 0.5) is 0 Å². The summed E-state index contributed by atoms with van der Waals surface area (Å²) in [5.74, 6) is 0.394. The number of hydrogen-bond acceptors (Lipinski definition) is 3. The molecule has 3 nitrogen and oxygen atoms in total. The molecule has 0 amide bonds. The standard InChI is InChI=1S/C17H17BrO3/c1-20-17(19)14-7-9-15(10-8-14)21-16(12-18)11-13-5-3-2-4-6-13/h2-10,16H,11-12H2,1H3. The lowest BCUT2D eigenvalue weighted by molar-refractivity contribution is 0.0600. The first-order valence-electron chi connectivity index (χ1n) is 6.68. The molecule has 4 heteroatoms. The first kappa shape index (κ1) is 15.6. The molecule has 2 rings (SSSR count). The van der Waals surface area contributed by atoms with Crippen LogP contribution < -0.4 is 4.74 Å². The molecule has 2 aromatic rings. The molecule has 21 heavy (non-hydrogen) atoms. The fourth-order valence-electron chi connectivity index (χ4n) is 1.98. The molecule has 0 radical (unpaired) electrons. The Hall–Kier alpha value is -1.81. The number of carbonyl (C=O) groups is 1. The van der Waals surface area contributed by atoms with Crippen LogP contribution in [0, 0.1) is 0 Å². The molecule has 0 saturated carbocycles. The van der Waals surface area contributed by atoms with Crippen LogP contribution in [-0.2, 0) is 11.2 Å². The van der Waals surface area contributed by atoms with Crippen molar-refractivity contribution < 1.29 is 14.3 Å². The molecule has 110 valence electrons. The third kappa shape index (κ3) is 4.60. The molecule has 1 atom stereocenters. The molecule has 0 saturated heterocycles. The zero-order valence-electron chi connectivity index (χ0n) is 11.8. The highest BCUT2D eigenvalue weighted by Gasteiger charge is 2.11. The van der Waals surface area contributed by atoms with E-state index in [1.165, 1.54) is 12.7 Å². The van der Waals surface area contributed by atoms with Crippen LogP contribution in [0.1, 0.15) is 15.9 Å². The van der Waals surface area contributed by atoms with Gasteiger partial charge in [0.15, 0.2) is 0 Å². The van der Waals surface area contributed by atoms with E-state index in [2.05, 4.69) is 32.8 Å². The Labute approximate surface area is 133 Å². The smallest absolute Gasteiger partial charge is 0.337 e. The van der Waals surface area contributed by atoms with Gasteiger partial charge in [0.05, 0.1) is 12.7 Å². The molecule has 0 bridgehead atoms. The second-order valence-electron chi connectivity index (χ2n) is 4.60. The van der Waals surface area contributed by atoms with Crippen LogP contribution in [-0.4, -0.2) is 24.5 Å². The van der Waals surface area contributed by atoms with Crippen LogP contribution in [0.3, 0.4) is 0 Å². The van der Waals surface area contributed by atoms with E-state index >= 15 is 0 Å². The van der Waals surface area contributed by atoms with E-state index in [0.29, 0.717) is 5.56 Å². The summed E-state index contributed by atoms with van der Waals surface area (Å²) in [6, 6.07) is 17.2. The van der Waals surface area contributed by atoms with Gasteiger partial charge >= 0.3 is 5.97 Å². The normalized spacial score (nSPS) is 11.7. The predicted molar refractivity (Wildman–Crippen MR) is 86.1 cm³/mol. The van der Waals surface area contributed by atoms with Gasteiger partial charge in [0.1, 0.15) is 11.9 Å². The minimum Gasteiger partial charge on any atom is -0.489 e. The summed E-state index contributed by atoms with van der Waals surface area (Å²) < 4.78 is 10.6. The monoisotopic (exact) mass is 348 g/mol. The van der Waals surface area contributed by atoms with E-state index in [0.717, 1.165) is 17.5 Å². The topological polar surface area (TPSA) is 35.5 Å². The molecule has 0 aliphatic rings. The maximum atomic E-state index is 11.4. The second kappa shape index (κ2) is 7.84. The van der Waals surface area contributed by atoms with E-state index in [4.69, 9.17) is 4.74 Å². The van der Waals surface area contributed by atoms with Crippen molar-refractivity contribution >= 4 is 21.9 Å². The van der Waals surface area contributed by atoms with E-state index in [9.17, 15) is 4.79 Å². The van der Waals surface area contributed by atoms with Crippen molar-refractivity contribution in [3.63, 3.8) is 0 Å². The molecule has 0 aliphatic carbocycles. The number of alkyl halides is 1. The molecular weight excluding hydrogens is 332 g/mol. The fraction of sp³-hybridized carbons (Fsp3) is 0.235. The van der Waals surface area contributed by atoms with Crippen LogP contribution >= 0.6 is 15.9 Å². The van der Waals surface area contributed by atoms with Gasteiger partial charge in [-0.25, -0.2) is 4.79 Å². The van der Waals surface area contributed by atoms with Gasteiger partial charge in [-0.05, 0) is 29.8 Å². The molecular formula is C17H17BrO3. The van der Waals surface area contributed by atoms with Crippen LogP contribution in [0.5, 0.6) is 5.75 Å². The van der Waals surface area contributed by atoms with Crippen molar-refractivity contribution in [3.05, 3.63) is 65.7 Å². The zero-order chi connectivity index (χ0) is 15.1. The molecule has 2 aromatic carbocycles. The van der Waals surface area contributed by atoms with Crippen molar-refractivity contribution in [3.8, 4) is 5.75 Å². The van der Waals surface area contributed by atoms with Crippen molar-refractivity contribution in [2.24, 2.45) is 0 Å². The third-order valence-electron chi connectivity index (χ3n) is 3.06. The van der Waals surface area contributed by atoms with Crippen molar-refractivity contribution in [2.75, 3.05) is 12.4 Å². The highest BCUT2D eigenvalue weighted by molar-refractivity contribution is 9.09. The fourth-order valence-corrected chi connectivity index (χ4v) is 2.35. The third-order valence-corrected chi connectivity index (χ3v) is 3.78. The number of rotatable bonds is 6. The summed E-state index contributed by atoms with van der Waals surface area (Å²) in [6.07, 6.45) is 0.863. The van der Waals surface area contributed by atoms with Gasteiger partial charge in [0.25, 0.3) is 0 Å². The highest BCUT2D eigenvalue weighted by atomic mass is 79.9. The molecule has 0 heterocycles. The number of esters is 1. The van der Waals surface area contributed by atoms with Gasteiger partial charge in [-0.15, -0.1) is 0 Å². The first-order chi connectivity index (χ1) is 10.2. The summed E-state index contributed by atoms with van der Waals surface area (Å²) >= 11 is 3.48. The van der Waals surface area contributed by atoms with Gasteiger partial charge in [-0.3, -0.25) is 0 Å². The SMILES string of the molecule is COC(=O)c1ccc(OC(CBr)Cc2ccccc2)cc1. The summed E-state index contributed by atoms with van der Waals surface area (Å²) in [4.78, 5) is 11.4. The number of ether oxygens (including phenoxy) is 2. The van der Waals surface area contributed by atoms with E-state index in [1.54, 1.807) is 24.3 Å². The van der Waals surface area contributed by atoms with Crippen LogP contribution in [0.2, 0.25) is 0 Å². The summed E-state index contributed by atoms with van der Waals surface area (Å²) in [5.41, 5.74) is 1.75. The summed E-state index contributed by atoms with van der Waals surface area (Å²) in [5, 5.41) is 0.737. The largest absolute Gasteiger partial charge is 0.489 e. The molecule has 0 N–H and O–H groups in total. The maximum absolute atomic E-state index is 11.4. The number of halogens is 1. The van der Waals surface area contributed by atoms with E-state index in [-0.39, 0.29) is 12.1 Å². The Balaban J connectivity index is 2.00. The van der Waals surface area contributed by atoms with Gasteiger partial charge in [0.2, 0.25) is 0 Å². The molecule has 0 aromatic heterocycles. The first-order valence-corrected chi connectivity index (χ1v) is 7.80. The zero-order valence-corrected chi connectivity index (χ0v) is 13.4. The highest BCUT2D eigenvalue weighted by Crippen LogP contribution is 2.17. The maximum Gasteiger partial charge on any atom is 0.337 e. The van der Waals surface area contributed by atoms with Gasteiger partial charge < -0.3 is 9.47 Å². The summed E-state index contributed by atoms with van der Waals surface area (Å²) in [7, 11) is 1.37. The second-order valence-corrected chi connectivity index (χ2v) is 5.25. The Morgan fingerprint density at radius 3 is 2.33 bits per heavy atom. The molecule has 0 fully saturated rings. The lowest BCUT2D eigenvalue weighted by Gasteiger charge is -2.17. The van der Waals surface area contributed by atoms with E-state index in [1.807, 2.05) is 18.2 Å². The van der Waals surface area contributed by atoms with Gasteiger partial charge in [-0.1, -0.05) is 46.3 Å². The Bertz CT molecular complexity index is 566. The minimum atomic E-state index is -0.345. The quantitative estimate of drug-likeness (QED) is 0.587. The van der Waals surface area contributed by atoms with Gasteiger partial charge in [-0.2, -0.15) is 0 Å². The molecule has 0 spiro atoms. The van der Waals surface area contributed by atoms with Crippen molar-refractivity contribution in [1.82, 2.24) is 0 Å². The number of benzene rings is 2. The molecule has 0 aliphatic heterocycles. The van der Waals surface area contributed by atoms with E-state index < -0.39 is 0 Å². The average molecular weight is 349 g/mol. The van der Waals surface area contributed by atoms with Gasteiger partial charge in [0, 0.05) is 11.8 Å². The Morgan fingerprint density at radius 2 is 1.76 bits per heavy atom. The van der Waals surface area contributed by atoms with Crippen LogP contribution in [0.25, 0.3) is 0 Å².